The highest BCUT2D eigenvalue weighted by atomic mass is 16.2. The molecule has 2 aromatic rings. The van der Waals surface area contributed by atoms with E-state index >= 15 is 0 Å². The minimum atomic E-state index is -0.170. The van der Waals surface area contributed by atoms with Gasteiger partial charge < -0.3 is 0 Å². The molecule has 0 saturated carbocycles. The van der Waals surface area contributed by atoms with Gasteiger partial charge in [0.05, 0.1) is 16.8 Å². The molecule has 1 amide bonds. The fraction of sp³-hybridized carbons (Fsp3) is 0.333. The Labute approximate surface area is 123 Å². The molecule has 6 heteroatoms. The Morgan fingerprint density at radius 1 is 1.43 bits per heavy atom. The van der Waals surface area contributed by atoms with Crippen molar-refractivity contribution in [1.82, 2.24) is 14.8 Å². The lowest BCUT2D eigenvalue weighted by Gasteiger charge is -2.15. The number of amides is 1. The lowest BCUT2D eigenvalue weighted by Crippen LogP contribution is -2.27. The fourth-order valence-corrected chi connectivity index (χ4v) is 1.89. The molecular formula is C15H17N5O. The maximum Gasteiger partial charge on any atom is 0.262 e. The van der Waals surface area contributed by atoms with E-state index in [1.165, 1.54) is 11.1 Å². The fourth-order valence-electron chi connectivity index (χ4n) is 1.89. The van der Waals surface area contributed by atoms with E-state index in [1.54, 1.807) is 30.1 Å². The molecule has 0 aliphatic carbocycles. The molecule has 2 heterocycles. The summed E-state index contributed by atoms with van der Waals surface area (Å²) in [6.45, 7) is 5.82. The third-order valence-electron chi connectivity index (χ3n) is 3.20. The van der Waals surface area contributed by atoms with Crippen LogP contribution < -0.4 is 4.90 Å². The van der Waals surface area contributed by atoms with Gasteiger partial charge in [0.15, 0.2) is 0 Å². The molecule has 0 spiro atoms. The van der Waals surface area contributed by atoms with E-state index < -0.39 is 0 Å². The predicted octanol–water partition coefficient (Wildman–Crippen LogP) is 2.32. The predicted molar refractivity (Wildman–Crippen MR) is 79.0 cm³/mol. The van der Waals surface area contributed by atoms with Crippen LogP contribution in [0.25, 0.3) is 0 Å². The Bertz CT molecular complexity index is 694. The van der Waals surface area contributed by atoms with Crippen molar-refractivity contribution in [3.05, 3.63) is 41.3 Å². The number of aromatic nitrogens is 3. The lowest BCUT2D eigenvalue weighted by molar-refractivity contribution is 0.0991. The SMILES string of the molecule is Cc1nn(C(C)C)cc1C(=O)N(C)c1ccc(C#N)cn1. The summed E-state index contributed by atoms with van der Waals surface area (Å²) in [5.74, 6) is 0.326. The van der Waals surface area contributed by atoms with Crippen LogP contribution in [-0.2, 0) is 0 Å². The van der Waals surface area contributed by atoms with Gasteiger partial charge in [-0.3, -0.25) is 14.4 Å². The van der Waals surface area contributed by atoms with Crippen LogP contribution in [0.5, 0.6) is 0 Å². The zero-order valence-electron chi connectivity index (χ0n) is 12.5. The number of pyridine rings is 1. The number of carbonyl (C=O) groups is 1. The van der Waals surface area contributed by atoms with E-state index in [4.69, 9.17) is 5.26 Å². The number of nitriles is 1. The highest BCUT2D eigenvalue weighted by molar-refractivity contribution is 6.05. The molecule has 108 valence electrons. The molecule has 0 unspecified atom stereocenters. The van der Waals surface area contributed by atoms with E-state index in [-0.39, 0.29) is 11.9 Å². The van der Waals surface area contributed by atoms with Crippen LogP contribution in [-0.4, -0.2) is 27.7 Å². The van der Waals surface area contributed by atoms with Gasteiger partial charge in [0.25, 0.3) is 5.91 Å². The molecule has 0 fully saturated rings. The van der Waals surface area contributed by atoms with E-state index in [2.05, 4.69) is 10.1 Å². The molecule has 2 rings (SSSR count). The zero-order valence-corrected chi connectivity index (χ0v) is 12.5. The maximum atomic E-state index is 12.5. The average Bonchev–Trinajstić information content (AvgIpc) is 2.88. The van der Waals surface area contributed by atoms with Crippen LogP contribution in [0.1, 0.15) is 41.5 Å². The summed E-state index contributed by atoms with van der Waals surface area (Å²) in [4.78, 5) is 18.1. The first-order valence-electron chi connectivity index (χ1n) is 6.64. The molecule has 0 saturated heterocycles. The van der Waals surface area contributed by atoms with Gasteiger partial charge in [0, 0.05) is 25.5 Å². The third kappa shape index (κ3) is 2.92. The van der Waals surface area contributed by atoms with Gasteiger partial charge in [-0.05, 0) is 32.9 Å². The van der Waals surface area contributed by atoms with E-state index in [0.29, 0.717) is 22.6 Å². The molecule has 0 atom stereocenters. The lowest BCUT2D eigenvalue weighted by atomic mass is 10.2. The molecule has 0 aliphatic rings. The molecule has 0 N–H and O–H groups in total. The first-order valence-corrected chi connectivity index (χ1v) is 6.64. The second-order valence-corrected chi connectivity index (χ2v) is 5.08. The minimum absolute atomic E-state index is 0.170. The van der Waals surface area contributed by atoms with Gasteiger partial charge in [-0.2, -0.15) is 10.4 Å². The van der Waals surface area contributed by atoms with Crippen LogP contribution in [0.2, 0.25) is 0 Å². The molecule has 0 aliphatic heterocycles. The number of anilines is 1. The molecule has 6 nitrogen and oxygen atoms in total. The Morgan fingerprint density at radius 3 is 2.62 bits per heavy atom. The van der Waals surface area contributed by atoms with Crippen molar-refractivity contribution in [2.75, 3.05) is 11.9 Å². The smallest absolute Gasteiger partial charge is 0.262 e. The first kappa shape index (κ1) is 14.7. The summed E-state index contributed by atoms with van der Waals surface area (Å²) in [6, 6.07) is 5.48. The molecule has 0 aromatic carbocycles. The summed E-state index contributed by atoms with van der Waals surface area (Å²) < 4.78 is 1.77. The highest BCUT2D eigenvalue weighted by Gasteiger charge is 2.20. The number of hydrogen-bond acceptors (Lipinski definition) is 4. The molecule has 21 heavy (non-hydrogen) atoms. The van der Waals surface area contributed by atoms with Gasteiger partial charge in [0.2, 0.25) is 0 Å². The summed E-state index contributed by atoms with van der Waals surface area (Å²) in [7, 11) is 1.66. The Kier molecular flexibility index (Phi) is 4.03. The number of hydrogen-bond donors (Lipinski definition) is 0. The van der Waals surface area contributed by atoms with Gasteiger partial charge in [0.1, 0.15) is 11.9 Å². The summed E-state index contributed by atoms with van der Waals surface area (Å²) in [6.07, 6.45) is 3.20. The van der Waals surface area contributed by atoms with Crippen molar-refractivity contribution in [2.24, 2.45) is 0 Å². The second-order valence-electron chi connectivity index (χ2n) is 5.08. The van der Waals surface area contributed by atoms with Gasteiger partial charge >= 0.3 is 0 Å². The van der Waals surface area contributed by atoms with Crippen LogP contribution in [0.15, 0.2) is 24.5 Å². The summed E-state index contributed by atoms with van der Waals surface area (Å²) in [5, 5.41) is 13.1. The number of nitrogens with zero attached hydrogens (tertiary/aromatic N) is 5. The number of aryl methyl sites for hydroxylation is 1. The Morgan fingerprint density at radius 2 is 2.14 bits per heavy atom. The molecular weight excluding hydrogens is 266 g/mol. The van der Waals surface area contributed by atoms with Crippen LogP contribution in [0.3, 0.4) is 0 Å². The molecule has 0 bridgehead atoms. The van der Waals surface area contributed by atoms with E-state index in [1.807, 2.05) is 26.8 Å². The topological polar surface area (TPSA) is 74.8 Å². The standard InChI is InChI=1S/C15H17N5O/c1-10(2)20-9-13(11(3)18-20)15(21)19(4)14-6-5-12(7-16)8-17-14/h5-6,8-10H,1-4H3. The third-order valence-corrected chi connectivity index (χ3v) is 3.20. The second kappa shape index (κ2) is 5.75. The van der Waals surface area contributed by atoms with Crippen molar-refractivity contribution in [2.45, 2.75) is 26.8 Å². The molecule has 2 aromatic heterocycles. The highest BCUT2D eigenvalue weighted by Crippen LogP contribution is 2.16. The van der Waals surface area contributed by atoms with Crippen LogP contribution in [0.4, 0.5) is 5.82 Å². The van der Waals surface area contributed by atoms with Crippen LogP contribution in [0, 0.1) is 18.3 Å². The van der Waals surface area contributed by atoms with Crippen LogP contribution >= 0.6 is 0 Å². The quantitative estimate of drug-likeness (QED) is 0.866. The Hall–Kier alpha value is -2.68. The van der Waals surface area contributed by atoms with Crippen molar-refractivity contribution in [3.8, 4) is 6.07 Å². The number of carbonyl (C=O) groups excluding carboxylic acids is 1. The zero-order chi connectivity index (χ0) is 15.6. The van der Waals surface area contributed by atoms with Crippen molar-refractivity contribution in [3.63, 3.8) is 0 Å². The normalized spacial score (nSPS) is 10.5. The van der Waals surface area contributed by atoms with Crippen molar-refractivity contribution >= 4 is 11.7 Å². The summed E-state index contributed by atoms with van der Waals surface area (Å²) in [5.41, 5.74) is 1.70. The Balaban J connectivity index is 2.28. The maximum absolute atomic E-state index is 12.5. The van der Waals surface area contributed by atoms with Crippen molar-refractivity contribution in [1.29, 1.82) is 5.26 Å². The van der Waals surface area contributed by atoms with Gasteiger partial charge in [-0.1, -0.05) is 0 Å². The summed E-state index contributed by atoms with van der Waals surface area (Å²) >= 11 is 0. The monoisotopic (exact) mass is 283 g/mol. The van der Waals surface area contributed by atoms with Gasteiger partial charge in [-0.15, -0.1) is 0 Å². The first-order chi connectivity index (χ1) is 9.93. The number of rotatable bonds is 3. The minimum Gasteiger partial charge on any atom is -0.296 e. The van der Waals surface area contributed by atoms with E-state index in [9.17, 15) is 4.79 Å². The molecule has 0 radical (unpaired) electrons. The van der Waals surface area contributed by atoms with Gasteiger partial charge in [-0.25, -0.2) is 4.98 Å². The average molecular weight is 283 g/mol. The van der Waals surface area contributed by atoms with Crippen molar-refractivity contribution < 1.29 is 4.79 Å². The largest absolute Gasteiger partial charge is 0.296 e. The van der Waals surface area contributed by atoms with E-state index in [0.717, 1.165) is 0 Å².